The number of aryl methyl sites for hydroxylation is 2. The Morgan fingerprint density at radius 2 is 1.85 bits per heavy atom. The lowest BCUT2D eigenvalue weighted by Crippen LogP contribution is -2.15. The van der Waals surface area contributed by atoms with Crippen LogP contribution in [0.15, 0.2) is 34.8 Å². The van der Waals surface area contributed by atoms with E-state index in [2.05, 4.69) is 21.2 Å². The number of nitrogens with two attached hydrogens (primary N) is 2. The second-order valence-corrected chi connectivity index (χ2v) is 5.59. The number of benzene rings is 2. The lowest BCUT2D eigenvalue weighted by Gasteiger charge is -2.13. The van der Waals surface area contributed by atoms with Gasteiger partial charge in [0.2, 0.25) is 0 Å². The fourth-order valence-electron chi connectivity index (χ4n) is 2.04. The van der Waals surface area contributed by atoms with Crippen molar-refractivity contribution in [3.8, 4) is 0 Å². The fourth-order valence-corrected chi connectivity index (χ4v) is 2.82. The van der Waals surface area contributed by atoms with E-state index >= 15 is 0 Å². The highest BCUT2D eigenvalue weighted by molar-refractivity contribution is 9.10. The molecule has 0 saturated heterocycles. The third kappa shape index (κ3) is 2.93. The topological polar surface area (TPSA) is 81.1 Å². The highest BCUT2D eigenvalue weighted by Crippen LogP contribution is 2.28. The summed E-state index contributed by atoms with van der Waals surface area (Å²) in [4.78, 5) is 12.3. The second kappa shape index (κ2) is 5.54. The van der Waals surface area contributed by atoms with Crippen molar-refractivity contribution in [2.45, 2.75) is 13.8 Å². The van der Waals surface area contributed by atoms with Crippen molar-refractivity contribution in [1.29, 1.82) is 0 Å². The minimum atomic E-state index is -0.254. The molecule has 0 aliphatic carbocycles. The first kappa shape index (κ1) is 14.4. The van der Waals surface area contributed by atoms with Crippen molar-refractivity contribution in [2.75, 3.05) is 16.8 Å². The van der Waals surface area contributed by atoms with Crippen molar-refractivity contribution in [3.63, 3.8) is 0 Å². The first-order chi connectivity index (χ1) is 9.38. The molecular weight excluding hydrogens is 318 g/mol. The van der Waals surface area contributed by atoms with E-state index in [0.29, 0.717) is 16.9 Å². The van der Waals surface area contributed by atoms with E-state index < -0.39 is 0 Å². The number of anilines is 3. The van der Waals surface area contributed by atoms with Gasteiger partial charge >= 0.3 is 0 Å². The molecule has 0 fully saturated rings. The molecule has 2 aromatic carbocycles. The largest absolute Gasteiger partial charge is 0.399 e. The molecule has 0 unspecified atom stereocenters. The number of amides is 1. The maximum absolute atomic E-state index is 12.3. The van der Waals surface area contributed by atoms with Crippen molar-refractivity contribution in [2.24, 2.45) is 0 Å². The third-order valence-electron chi connectivity index (χ3n) is 2.99. The lowest BCUT2D eigenvalue weighted by molar-refractivity contribution is 0.102. The predicted octanol–water partition coefficient (Wildman–Crippen LogP) is 3.48. The van der Waals surface area contributed by atoms with Gasteiger partial charge in [0, 0.05) is 15.8 Å². The van der Waals surface area contributed by atoms with Crippen LogP contribution >= 0.6 is 15.9 Å². The third-order valence-corrected chi connectivity index (χ3v) is 3.62. The minimum Gasteiger partial charge on any atom is -0.399 e. The number of halogens is 1. The van der Waals surface area contributed by atoms with Gasteiger partial charge in [0.15, 0.2) is 0 Å². The Kier molecular flexibility index (Phi) is 3.99. The van der Waals surface area contributed by atoms with Gasteiger partial charge in [0.25, 0.3) is 5.91 Å². The molecule has 0 spiro atoms. The summed E-state index contributed by atoms with van der Waals surface area (Å²) in [6.07, 6.45) is 0. The van der Waals surface area contributed by atoms with Gasteiger partial charge in [-0.25, -0.2) is 0 Å². The molecule has 0 bridgehead atoms. The minimum absolute atomic E-state index is 0.254. The van der Waals surface area contributed by atoms with Crippen molar-refractivity contribution >= 4 is 38.9 Å². The number of nitrogens with one attached hydrogen (secondary N) is 1. The summed E-state index contributed by atoms with van der Waals surface area (Å²) >= 11 is 3.46. The SMILES string of the molecule is Cc1cc(C)c(NC(=O)c2ccc(N)cc2N)c(Br)c1. The smallest absolute Gasteiger partial charge is 0.257 e. The predicted molar refractivity (Wildman–Crippen MR) is 86.8 cm³/mol. The quantitative estimate of drug-likeness (QED) is 0.736. The van der Waals surface area contributed by atoms with E-state index in [4.69, 9.17) is 11.5 Å². The zero-order chi connectivity index (χ0) is 14.9. The van der Waals surface area contributed by atoms with Gasteiger partial charge in [-0.15, -0.1) is 0 Å². The summed E-state index contributed by atoms with van der Waals surface area (Å²) in [5.41, 5.74) is 15.6. The highest BCUT2D eigenvalue weighted by atomic mass is 79.9. The maximum atomic E-state index is 12.3. The van der Waals surface area contributed by atoms with Crippen LogP contribution in [-0.2, 0) is 0 Å². The van der Waals surface area contributed by atoms with E-state index in [1.165, 1.54) is 0 Å². The van der Waals surface area contributed by atoms with Crippen LogP contribution in [0.1, 0.15) is 21.5 Å². The second-order valence-electron chi connectivity index (χ2n) is 4.74. The molecule has 2 rings (SSSR count). The zero-order valence-corrected chi connectivity index (χ0v) is 12.9. The molecule has 0 radical (unpaired) electrons. The fraction of sp³-hybridized carbons (Fsp3) is 0.133. The number of carbonyl (C=O) groups excluding carboxylic acids is 1. The first-order valence-electron chi connectivity index (χ1n) is 6.11. The van der Waals surface area contributed by atoms with Gasteiger partial charge in [-0.1, -0.05) is 6.07 Å². The van der Waals surface area contributed by atoms with Gasteiger partial charge in [0.05, 0.1) is 11.3 Å². The zero-order valence-electron chi connectivity index (χ0n) is 11.3. The Balaban J connectivity index is 2.33. The molecule has 0 aliphatic heterocycles. The number of hydrogen-bond donors (Lipinski definition) is 3. The molecule has 4 nitrogen and oxygen atoms in total. The first-order valence-corrected chi connectivity index (χ1v) is 6.91. The van der Waals surface area contributed by atoms with E-state index in [-0.39, 0.29) is 5.91 Å². The van der Waals surface area contributed by atoms with E-state index in [0.717, 1.165) is 21.3 Å². The molecule has 0 saturated carbocycles. The van der Waals surface area contributed by atoms with Crippen LogP contribution in [0, 0.1) is 13.8 Å². The average Bonchev–Trinajstić information content (AvgIpc) is 2.33. The Hall–Kier alpha value is -2.01. The number of hydrogen-bond acceptors (Lipinski definition) is 3. The summed E-state index contributed by atoms with van der Waals surface area (Å²) in [6, 6.07) is 8.81. The number of carbonyl (C=O) groups is 1. The summed E-state index contributed by atoms with van der Waals surface area (Å²) in [5, 5.41) is 2.88. The molecule has 5 heteroatoms. The van der Waals surface area contributed by atoms with Gasteiger partial charge in [-0.05, 0) is 65.2 Å². The normalized spacial score (nSPS) is 10.3. The molecule has 104 valence electrons. The summed E-state index contributed by atoms with van der Waals surface area (Å²) in [6.45, 7) is 3.95. The molecule has 0 heterocycles. The van der Waals surface area contributed by atoms with Crippen molar-refractivity contribution in [3.05, 3.63) is 51.5 Å². The molecule has 0 aromatic heterocycles. The molecule has 5 N–H and O–H groups in total. The van der Waals surface area contributed by atoms with E-state index in [1.807, 2.05) is 26.0 Å². The van der Waals surface area contributed by atoms with Gasteiger partial charge in [-0.3, -0.25) is 4.79 Å². The summed E-state index contributed by atoms with van der Waals surface area (Å²) < 4.78 is 0.845. The Labute approximate surface area is 126 Å². The molecular formula is C15H16BrN3O. The molecule has 0 aliphatic rings. The lowest BCUT2D eigenvalue weighted by atomic mass is 10.1. The Bertz CT molecular complexity index is 660. The maximum Gasteiger partial charge on any atom is 0.257 e. The van der Waals surface area contributed by atoms with E-state index in [1.54, 1.807) is 18.2 Å². The van der Waals surface area contributed by atoms with Crippen LogP contribution in [-0.4, -0.2) is 5.91 Å². The van der Waals surface area contributed by atoms with Gasteiger partial charge in [0.1, 0.15) is 0 Å². The Morgan fingerprint density at radius 3 is 2.45 bits per heavy atom. The van der Waals surface area contributed by atoms with Gasteiger partial charge < -0.3 is 16.8 Å². The van der Waals surface area contributed by atoms with E-state index in [9.17, 15) is 4.79 Å². The standard InChI is InChI=1S/C15H16BrN3O/c1-8-5-9(2)14(12(16)6-8)19-15(20)11-4-3-10(17)7-13(11)18/h3-7H,17-18H2,1-2H3,(H,19,20). The molecule has 0 atom stereocenters. The summed E-state index contributed by atoms with van der Waals surface area (Å²) in [5.74, 6) is -0.254. The molecule has 20 heavy (non-hydrogen) atoms. The summed E-state index contributed by atoms with van der Waals surface area (Å²) in [7, 11) is 0. The number of rotatable bonds is 2. The average molecular weight is 334 g/mol. The highest BCUT2D eigenvalue weighted by Gasteiger charge is 2.13. The van der Waals surface area contributed by atoms with Crippen LogP contribution < -0.4 is 16.8 Å². The van der Waals surface area contributed by atoms with Crippen LogP contribution in [0.2, 0.25) is 0 Å². The van der Waals surface area contributed by atoms with Gasteiger partial charge in [-0.2, -0.15) is 0 Å². The molecule has 1 amide bonds. The van der Waals surface area contributed by atoms with Crippen molar-refractivity contribution in [1.82, 2.24) is 0 Å². The van der Waals surface area contributed by atoms with Crippen LogP contribution in [0.5, 0.6) is 0 Å². The van der Waals surface area contributed by atoms with Crippen LogP contribution in [0.3, 0.4) is 0 Å². The monoisotopic (exact) mass is 333 g/mol. The van der Waals surface area contributed by atoms with Crippen LogP contribution in [0.4, 0.5) is 17.1 Å². The van der Waals surface area contributed by atoms with Crippen LogP contribution in [0.25, 0.3) is 0 Å². The number of nitrogen functional groups attached to an aromatic ring is 2. The Morgan fingerprint density at radius 1 is 1.15 bits per heavy atom. The molecule has 2 aromatic rings. The van der Waals surface area contributed by atoms with Crippen molar-refractivity contribution < 1.29 is 4.79 Å².